The summed E-state index contributed by atoms with van der Waals surface area (Å²) in [5.41, 5.74) is 9.85. The van der Waals surface area contributed by atoms with Crippen LogP contribution in [0.3, 0.4) is 0 Å². The lowest BCUT2D eigenvalue weighted by atomic mass is 10.0. The van der Waals surface area contributed by atoms with Gasteiger partial charge in [0, 0.05) is 49.3 Å². The van der Waals surface area contributed by atoms with E-state index < -0.39 is 27.7 Å². The Kier molecular flexibility index (Phi) is 10.3. The summed E-state index contributed by atoms with van der Waals surface area (Å²) in [4.78, 5) is 4.43. The summed E-state index contributed by atoms with van der Waals surface area (Å²) in [5.74, 6) is -3.97. The molecule has 0 unspecified atom stereocenters. The maximum Gasteiger partial charge on any atom is 0.355 e. The van der Waals surface area contributed by atoms with Crippen LogP contribution in [-0.4, -0.2) is 50.4 Å². The molecule has 0 fully saturated rings. The number of aliphatic hydroxyl groups excluding tert-OH is 1. The number of pyridine rings is 1. The minimum absolute atomic E-state index is 0.0531. The Balaban J connectivity index is 1.50. The molecule has 250 valence electrons. The van der Waals surface area contributed by atoms with Crippen LogP contribution in [0.25, 0.3) is 33.3 Å². The van der Waals surface area contributed by atoms with E-state index in [2.05, 4.69) is 10.1 Å². The van der Waals surface area contributed by atoms with Crippen molar-refractivity contribution in [1.82, 2.24) is 24.5 Å². The van der Waals surface area contributed by atoms with Crippen molar-refractivity contribution in [2.75, 3.05) is 17.1 Å². The molecule has 0 bridgehead atoms. The molecule has 11 nitrogen and oxygen atoms in total. The lowest BCUT2D eigenvalue weighted by molar-refractivity contribution is 0.228. The van der Waals surface area contributed by atoms with Crippen molar-refractivity contribution in [2.24, 2.45) is 7.05 Å². The lowest BCUT2D eigenvalue weighted by Gasteiger charge is -2.19. The number of hydrogen-bond acceptors (Lipinski definition) is 8. The molecule has 15 heteroatoms. The standard InChI is InChI=1S/C32H36F3N7O4S/c1-20(21-8-11-24(33)12-9-21)46-27-16-22(10-13-26(27)40-47(44,45)32(34)35)29-28-30(41(2)39-29)25(18-37-31(28)36)23-17-38-42(19-23)14-6-4-3-5-7-15-43/h8-13,16-20,32,40,43H,3-7,14-15H2,1-2H3,(H2,36,37)/t20-/m0/s1. The average molecular weight is 672 g/mol. The van der Waals surface area contributed by atoms with Gasteiger partial charge in [0.25, 0.3) is 10.0 Å². The van der Waals surface area contributed by atoms with Crippen LogP contribution < -0.4 is 15.2 Å². The van der Waals surface area contributed by atoms with Crippen LogP contribution >= 0.6 is 0 Å². The molecular weight excluding hydrogens is 635 g/mol. The van der Waals surface area contributed by atoms with Crippen molar-refractivity contribution in [3.63, 3.8) is 0 Å². The molecule has 4 N–H and O–H groups in total. The average Bonchev–Trinajstić information content (AvgIpc) is 3.65. The van der Waals surface area contributed by atoms with Gasteiger partial charge in [0.1, 0.15) is 29.2 Å². The summed E-state index contributed by atoms with van der Waals surface area (Å²) in [7, 11) is -3.27. The first-order valence-electron chi connectivity index (χ1n) is 15.1. The third-order valence-electron chi connectivity index (χ3n) is 7.77. The summed E-state index contributed by atoms with van der Waals surface area (Å²) < 4.78 is 75.8. The Morgan fingerprint density at radius 1 is 1.02 bits per heavy atom. The summed E-state index contributed by atoms with van der Waals surface area (Å²) >= 11 is 0. The number of sulfonamides is 1. The molecule has 0 aliphatic heterocycles. The number of nitrogen functional groups attached to an aromatic ring is 1. The van der Waals surface area contributed by atoms with Crippen molar-refractivity contribution < 1.29 is 31.4 Å². The van der Waals surface area contributed by atoms with Crippen molar-refractivity contribution in [3.05, 3.63) is 72.4 Å². The number of aliphatic hydroxyl groups is 1. The highest BCUT2D eigenvalue weighted by molar-refractivity contribution is 7.93. The number of aryl methyl sites for hydroxylation is 2. The van der Waals surface area contributed by atoms with Crippen LogP contribution in [0.1, 0.15) is 50.7 Å². The number of nitrogens with zero attached hydrogens (tertiary/aromatic N) is 5. The first kappa shape index (κ1) is 33.7. The Hall–Kier alpha value is -4.63. The number of unbranched alkanes of at least 4 members (excludes halogenated alkanes) is 4. The first-order chi connectivity index (χ1) is 22.5. The summed E-state index contributed by atoms with van der Waals surface area (Å²) in [6.07, 6.45) is 9.45. The Morgan fingerprint density at radius 3 is 2.47 bits per heavy atom. The zero-order valence-corrected chi connectivity index (χ0v) is 26.7. The highest BCUT2D eigenvalue weighted by Crippen LogP contribution is 2.40. The van der Waals surface area contributed by atoms with Gasteiger partial charge in [-0.1, -0.05) is 37.5 Å². The first-order valence-corrected chi connectivity index (χ1v) is 16.6. The van der Waals surface area contributed by atoms with Crippen LogP contribution in [-0.2, 0) is 23.6 Å². The number of aromatic nitrogens is 5. The summed E-state index contributed by atoms with van der Waals surface area (Å²) in [5, 5.41) is 18.7. The molecule has 47 heavy (non-hydrogen) atoms. The van der Waals surface area contributed by atoms with Gasteiger partial charge < -0.3 is 15.6 Å². The number of alkyl halides is 2. The van der Waals surface area contributed by atoms with Crippen molar-refractivity contribution in [3.8, 4) is 28.1 Å². The highest BCUT2D eigenvalue weighted by atomic mass is 32.2. The molecule has 0 spiro atoms. The van der Waals surface area contributed by atoms with Crippen LogP contribution in [0.15, 0.2) is 61.1 Å². The molecule has 3 aromatic heterocycles. The molecule has 5 rings (SSSR count). The number of nitrogens with two attached hydrogens (primary N) is 1. The van der Waals surface area contributed by atoms with E-state index in [1.807, 2.05) is 15.6 Å². The second-order valence-electron chi connectivity index (χ2n) is 11.2. The van der Waals surface area contributed by atoms with Gasteiger partial charge in [-0.2, -0.15) is 19.0 Å². The SMILES string of the molecule is C[C@H](Oc1cc(-c2nn(C)c3c(-c4cnn(CCCCCCCO)c4)cnc(N)c23)ccc1NS(=O)(=O)C(F)F)c1ccc(F)cc1. The van der Waals surface area contributed by atoms with Gasteiger partial charge in [-0.15, -0.1) is 0 Å². The second-order valence-corrected chi connectivity index (χ2v) is 12.8. The molecule has 0 aliphatic rings. The summed E-state index contributed by atoms with van der Waals surface area (Å²) in [6.45, 7) is 2.61. The van der Waals surface area contributed by atoms with Gasteiger partial charge in [0.05, 0.1) is 22.8 Å². The lowest BCUT2D eigenvalue weighted by Crippen LogP contribution is -2.21. The van der Waals surface area contributed by atoms with Gasteiger partial charge in [0.15, 0.2) is 0 Å². The van der Waals surface area contributed by atoms with E-state index in [1.54, 1.807) is 31.0 Å². The zero-order chi connectivity index (χ0) is 33.7. The molecule has 0 saturated heterocycles. The minimum Gasteiger partial charge on any atom is -0.484 e. The smallest absolute Gasteiger partial charge is 0.355 e. The fourth-order valence-electron chi connectivity index (χ4n) is 5.33. The molecule has 0 amide bonds. The topological polar surface area (TPSA) is 150 Å². The number of halogens is 3. The quantitative estimate of drug-likeness (QED) is 0.110. The van der Waals surface area contributed by atoms with Crippen LogP contribution in [0.2, 0.25) is 0 Å². The van der Waals surface area contributed by atoms with E-state index >= 15 is 0 Å². The Bertz CT molecular complexity index is 1950. The van der Waals surface area contributed by atoms with Gasteiger partial charge in [-0.3, -0.25) is 14.1 Å². The van der Waals surface area contributed by atoms with Crippen LogP contribution in [0, 0.1) is 5.82 Å². The molecule has 0 aliphatic carbocycles. The molecule has 2 aromatic carbocycles. The molecule has 0 radical (unpaired) electrons. The van der Waals surface area contributed by atoms with Gasteiger partial charge in [-0.25, -0.2) is 17.8 Å². The van der Waals surface area contributed by atoms with E-state index in [-0.39, 0.29) is 23.9 Å². The fraction of sp³-hybridized carbons (Fsp3) is 0.344. The third-order valence-corrected chi connectivity index (χ3v) is 8.74. The van der Waals surface area contributed by atoms with Gasteiger partial charge >= 0.3 is 5.76 Å². The maximum atomic E-state index is 13.5. The van der Waals surface area contributed by atoms with Gasteiger partial charge in [-0.05, 0) is 49.6 Å². The molecule has 0 saturated carbocycles. The van der Waals surface area contributed by atoms with E-state index in [1.165, 1.54) is 42.5 Å². The third kappa shape index (κ3) is 7.68. The van der Waals surface area contributed by atoms with Crippen molar-refractivity contribution in [1.29, 1.82) is 0 Å². The maximum absolute atomic E-state index is 13.5. The van der Waals surface area contributed by atoms with E-state index in [0.717, 1.165) is 49.8 Å². The van der Waals surface area contributed by atoms with Crippen molar-refractivity contribution in [2.45, 2.75) is 57.4 Å². The van der Waals surface area contributed by atoms with E-state index in [9.17, 15) is 21.6 Å². The Labute approximate surface area is 270 Å². The van der Waals surface area contributed by atoms with Crippen LogP contribution in [0.5, 0.6) is 5.75 Å². The van der Waals surface area contributed by atoms with Crippen molar-refractivity contribution >= 4 is 32.4 Å². The van der Waals surface area contributed by atoms with E-state index in [4.69, 9.17) is 20.7 Å². The van der Waals surface area contributed by atoms with Gasteiger partial charge in [0.2, 0.25) is 0 Å². The zero-order valence-electron chi connectivity index (χ0n) is 25.9. The number of anilines is 2. The largest absolute Gasteiger partial charge is 0.484 e. The second kappa shape index (κ2) is 14.4. The molecule has 5 aromatic rings. The van der Waals surface area contributed by atoms with Crippen LogP contribution in [0.4, 0.5) is 24.7 Å². The Morgan fingerprint density at radius 2 is 1.74 bits per heavy atom. The summed E-state index contributed by atoms with van der Waals surface area (Å²) in [6, 6.07) is 9.84. The highest BCUT2D eigenvalue weighted by Gasteiger charge is 2.27. The monoisotopic (exact) mass is 671 g/mol. The molecular formula is C32H36F3N7O4S. The normalized spacial score (nSPS) is 12.6. The number of hydrogen-bond donors (Lipinski definition) is 3. The van der Waals surface area contributed by atoms with E-state index in [0.29, 0.717) is 27.7 Å². The predicted molar refractivity (Wildman–Crippen MR) is 174 cm³/mol. The molecule has 3 heterocycles. The number of ether oxygens (including phenoxy) is 1. The fourth-order valence-corrected chi connectivity index (χ4v) is 5.90. The number of fused-ring (bicyclic) bond motifs is 1. The number of benzene rings is 2. The number of nitrogens with one attached hydrogen (secondary N) is 1. The molecule has 1 atom stereocenters. The number of rotatable bonds is 15. The predicted octanol–water partition coefficient (Wildman–Crippen LogP) is 6.27. The minimum atomic E-state index is -5.02.